The van der Waals surface area contributed by atoms with E-state index in [0.29, 0.717) is 17.5 Å². The topological polar surface area (TPSA) is 51.8 Å². The number of fused-ring (bicyclic) bond motifs is 4. The normalized spacial score (nSPS) is 11.4. The Hall–Kier alpha value is -6.39. The van der Waals surface area contributed by atoms with Crippen LogP contribution >= 0.6 is 0 Å². The van der Waals surface area contributed by atoms with Gasteiger partial charge in [0.05, 0.1) is 0 Å². The summed E-state index contributed by atoms with van der Waals surface area (Å²) in [6.07, 6.45) is 0. The second-order valence-electron chi connectivity index (χ2n) is 11.7. The smallest absolute Gasteiger partial charge is 0.164 e. The van der Waals surface area contributed by atoms with Crippen molar-refractivity contribution in [1.29, 1.82) is 0 Å². The first-order valence-electron chi connectivity index (χ1n) is 15.7. The minimum Gasteiger partial charge on any atom is -0.456 e. The monoisotopic (exact) mass is 601 g/mol. The van der Waals surface area contributed by atoms with E-state index in [1.807, 2.05) is 54.6 Å². The standard InChI is InChI=1S/C43H27N3O/c1-4-11-28(12-5-1)31-19-20-33-26-35(22-21-32(33)25-31)42-44-41(30-15-8-3-9-16-30)45-43(46-42)37-17-10-18-38-40(37)36-24-23-34(27-39(36)47-38)29-13-6-2-7-14-29/h1-27H. The molecule has 4 heteroatoms. The lowest BCUT2D eigenvalue weighted by molar-refractivity contribution is 0.669. The van der Waals surface area contributed by atoms with Crippen molar-refractivity contribution in [3.05, 3.63) is 164 Å². The molecule has 0 amide bonds. The Kier molecular flexibility index (Phi) is 6.43. The Bertz CT molecular complexity index is 2560. The number of benzene rings is 7. The zero-order chi connectivity index (χ0) is 31.2. The van der Waals surface area contributed by atoms with E-state index in [2.05, 4.69) is 109 Å². The minimum absolute atomic E-state index is 0.605. The molecule has 9 rings (SSSR count). The zero-order valence-corrected chi connectivity index (χ0v) is 25.3. The maximum Gasteiger partial charge on any atom is 0.164 e. The third-order valence-corrected chi connectivity index (χ3v) is 8.72. The molecule has 0 N–H and O–H groups in total. The molecule has 0 atom stereocenters. The van der Waals surface area contributed by atoms with E-state index in [0.717, 1.165) is 60.5 Å². The molecule has 0 unspecified atom stereocenters. The van der Waals surface area contributed by atoms with Gasteiger partial charge in [-0.15, -0.1) is 0 Å². The molecule has 0 spiro atoms. The Labute approximate surface area is 271 Å². The fourth-order valence-electron chi connectivity index (χ4n) is 6.36. The highest BCUT2D eigenvalue weighted by Crippen LogP contribution is 2.38. The van der Waals surface area contributed by atoms with Crippen molar-refractivity contribution in [2.45, 2.75) is 0 Å². The van der Waals surface area contributed by atoms with Crippen LogP contribution in [0.15, 0.2) is 168 Å². The van der Waals surface area contributed by atoms with Crippen LogP contribution in [0.2, 0.25) is 0 Å². The van der Waals surface area contributed by atoms with Crippen LogP contribution in [0, 0.1) is 0 Å². The lowest BCUT2D eigenvalue weighted by atomic mass is 9.99. The molecule has 9 aromatic rings. The zero-order valence-electron chi connectivity index (χ0n) is 25.3. The van der Waals surface area contributed by atoms with E-state index >= 15 is 0 Å². The van der Waals surface area contributed by atoms with E-state index in [9.17, 15) is 0 Å². The summed E-state index contributed by atoms with van der Waals surface area (Å²) in [7, 11) is 0. The molecule has 0 fully saturated rings. The number of nitrogens with zero attached hydrogens (tertiary/aromatic N) is 3. The molecule has 0 aliphatic rings. The molecule has 0 saturated carbocycles. The van der Waals surface area contributed by atoms with Gasteiger partial charge in [0.2, 0.25) is 0 Å². The van der Waals surface area contributed by atoms with Crippen LogP contribution < -0.4 is 0 Å². The minimum atomic E-state index is 0.605. The quantitative estimate of drug-likeness (QED) is 0.197. The second-order valence-corrected chi connectivity index (χ2v) is 11.7. The van der Waals surface area contributed by atoms with Gasteiger partial charge in [-0.05, 0) is 63.4 Å². The van der Waals surface area contributed by atoms with Gasteiger partial charge in [-0.2, -0.15) is 0 Å². The highest BCUT2D eigenvalue weighted by molar-refractivity contribution is 6.12. The maximum absolute atomic E-state index is 6.43. The van der Waals surface area contributed by atoms with Crippen LogP contribution in [-0.2, 0) is 0 Å². The van der Waals surface area contributed by atoms with Crippen LogP contribution in [0.3, 0.4) is 0 Å². The van der Waals surface area contributed by atoms with E-state index in [1.165, 1.54) is 11.1 Å². The third-order valence-electron chi connectivity index (χ3n) is 8.72. The van der Waals surface area contributed by atoms with Crippen molar-refractivity contribution in [2.75, 3.05) is 0 Å². The van der Waals surface area contributed by atoms with Gasteiger partial charge < -0.3 is 4.42 Å². The van der Waals surface area contributed by atoms with Gasteiger partial charge in [-0.1, -0.05) is 133 Å². The van der Waals surface area contributed by atoms with Crippen molar-refractivity contribution in [2.24, 2.45) is 0 Å². The molecule has 2 heterocycles. The summed E-state index contributed by atoms with van der Waals surface area (Å²) in [5.74, 6) is 1.86. The fraction of sp³-hybridized carbons (Fsp3) is 0. The predicted molar refractivity (Wildman–Crippen MR) is 192 cm³/mol. The molecule has 0 bridgehead atoms. The Balaban J connectivity index is 1.20. The van der Waals surface area contributed by atoms with Gasteiger partial charge in [0.1, 0.15) is 11.2 Å². The van der Waals surface area contributed by atoms with Crippen molar-refractivity contribution in [3.63, 3.8) is 0 Å². The van der Waals surface area contributed by atoms with E-state index in [4.69, 9.17) is 19.4 Å². The van der Waals surface area contributed by atoms with E-state index < -0.39 is 0 Å². The van der Waals surface area contributed by atoms with Crippen molar-refractivity contribution in [1.82, 2.24) is 15.0 Å². The maximum atomic E-state index is 6.43. The van der Waals surface area contributed by atoms with Crippen molar-refractivity contribution >= 4 is 32.7 Å². The summed E-state index contributed by atoms with van der Waals surface area (Å²) < 4.78 is 6.43. The van der Waals surface area contributed by atoms with Crippen LogP contribution in [-0.4, -0.2) is 15.0 Å². The average molecular weight is 602 g/mol. The molecule has 0 radical (unpaired) electrons. The number of furan rings is 1. The molecule has 0 aliphatic carbocycles. The van der Waals surface area contributed by atoms with Crippen LogP contribution in [0.4, 0.5) is 0 Å². The van der Waals surface area contributed by atoms with Crippen LogP contribution in [0.25, 0.3) is 89.1 Å². The Morgan fingerprint density at radius 2 is 0.872 bits per heavy atom. The molecule has 0 aliphatic heterocycles. The van der Waals surface area contributed by atoms with E-state index in [-0.39, 0.29) is 0 Å². The summed E-state index contributed by atoms with van der Waals surface area (Å²) in [4.78, 5) is 15.2. The fourth-order valence-corrected chi connectivity index (χ4v) is 6.36. The Morgan fingerprint density at radius 3 is 1.55 bits per heavy atom. The number of hydrogen-bond acceptors (Lipinski definition) is 4. The van der Waals surface area contributed by atoms with Gasteiger partial charge in [0, 0.05) is 27.5 Å². The van der Waals surface area contributed by atoms with Gasteiger partial charge >= 0.3 is 0 Å². The van der Waals surface area contributed by atoms with E-state index in [1.54, 1.807) is 0 Å². The lowest BCUT2D eigenvalue weighted by Gasteiger charge is -2.10. The molecule has 4 nitrogen and oxygen atoms in total. The van der Waals surface area contributed by atoms with Gasteiger partial charge in [0.25, 0.3) is 0 Å². The van der Waals surface area contributed by atoms with Crippen molar-refractivity contribution < 1.29 is 4.42 Å². The lowest BCUT2D eigenvalue weighted by Crippen LogP contribution is -2.00. The third kappa shape index (κ3) is 4.93. The van der Waals surface area contributed by atoms with Crippen LogP contribution in [0.5, 0.6) is 0 Å². The number of aromatic nitrogens is 3. The summed E-state index contributed by atoms with van der Waals surface area (Å²) in [6, 6.07) is 56.4. The molecular weight excluding hydrogens is 574 g/mol. The highest BCUT2D eigenvalue weighted by Gasteiger charge is 2.18. The van der Waals surface area contributed by atoms with Gasteiger partial charge in [-0.25, -0.2) is 15.0 Å². The van der Waals surface area contributed by atoms with Gasteiger partial charge in [-0.3, -0.25) is 0 Å². The largest absolute Gasteiger partial charge is 0.456 e. The summed E-state index contributed by atoms with van der Waals surface area (Å²) in [5, 5.41) is 4.31. The highest BCUT2D eigenvalue weighted by atomic mass is 16.3. The number of rotatable bonds is 5. The molecule has 220 valence electrons. The van der Waals surface area contributed by atoms with Crippen molar-refractivity contribution in [3.8, 4) is 56.4 Å². The summed E-state index contributed by atoms with van der Waals surface area (Å²) >= 11 is 0. The Morgan fingerprint density at radius 1 is 0.340 bits per heavy atom. The molecule has 2 aromatic heterocycles. The second kappa shape index (κ2) is 11.2. The first kappa shape index (κ1) is 27.0. The summed E-state index contributed by atoms with van der Waals surface area (Å²) in [5.41, 5.74) is 9.05. The first-order chi connectivity index (χ1) is 23.3. The first-order valence-corrected chi connectivity index (χ1v) is 15.7. The SMILES string of the molecule is c1ccc(-c2ccc3cc(-c4nc(-c5ccccc5)nc(-c5cccc6oc7cc(-c8ccccc8)ccc7c56)n4)ccc3c2)cc1. The number of hydrogen-bond donors (Lipinski definition) is 0. The molecule has 47 heavy (non-hydrogen) atoms. The molecule has 7 aromatic carbocycles. The molecule has 0 saturated heterocycles. The average Bonchev–Trinajstić information content (AvgIpc) is 3.53. The van der Waals surface area contributed by atoms with Gasteiger partial charge in [0.15, 0.2) is 17.5 Å². The summed E-state index contributed by atoms with van der Waals surface area (Å²) in [6.45, 7) is 0. The predicted octanol–water partition coefficient (Wildman–Crippen LogP) is 11.3. The van der Waals surface area contributed by atoms with Crippen LogP contribution in [0.1, 0.15) is 0 Å². The molecular formula is C43H27N3O.